The third kappa shape index (κ3) is 6.20. The van der Waals surface area contributed by atoms with Crippen molar-refractivity contribution in [2.45, 2.75) is 18.7 Å². The fourth-order valence-corrected chi connectivity index (χ4v) is 4.08. The van der Waals surface area contributed by atoms with Crippen LogP contribution < -0.4 is 14.8 Å². The molecule has 0 radical (unpaired) electrons. The Morgan fingerprint density at radius 3 is 2.06 bits per heavy atom. The minimum atomic E-state index is -3.73. The Morgan fingerprint density at radius 2 is 1.48 bits per heavy atom. The first-order valence-corrected chi connectivity index (χ1v) is 11.1. The van der Waals surface area contributed by atoms with Crippen LogP contribution in [0.5, 0.6) is 5.75 Å². The van der Waals surface area contributed by atoms with Gasteiger partial charge in [0.2, 0.25) is 5.91 Å². The fourth-order valence-electron chi connectivity index (χ4n) is 3.04. The first-order valence-electron chi connectivity index (χ1n) is 9.59. The largest absolute Gasteiger partial charge is 0.497 e. The van der Waals surface area contributed by atoms with Gasteiger partial charge in [-0.2, -0.15) is 0 Å². The summed E-state index contributed by atoms with van der Waals surface area (Å²) < 4.78 is 33.0. The second kappa shape index (κ2) is 9.49. The number of methoxy groups -OCH3 is 1. The van der Waals surface area contributed by atoms with E-state index in [0.29, 0.717) is 11.4 Å². The summed E-state index contributed by atoms with van der Waals surface area (Å²) in [6.45, 7) is 3.82. The van der Waals surface area contributed by atoms with Crippen LogP contribution >= 0.6 is 0 Å². The van der Waals surface area contributed by atoms with Crippen LogP contribution in [0, 0.1) is 13.8 Å². The molecular weight excluding hydrogens is 412 g/mol. The maximum Gasteiger partial charge on any atom is 0.261 e. The number of benzene rings is 3. The molecule has 0 aliphatic heterocycles. The van der Waals surface area contributed by atoms with Gasteiger partial charge in [0.1, 0.15) is 5.75 Å². The van der Waals surface area contributed by atoms with E-state index < -0.39 is 10.0 Å². The Hall–Kier alpha value is -3.58. The van der Waals surface area contributed by atoms with E-state index in [-0.39, 0.29) is 10.8 Å². The van der Waals surface area contributed by atoms with Gasteiger partial charge >= 0.3 is 0 Å². The lowest BCUT2D eigenvalue weighted by Gasteiger charge is -2.10. The molecule has 0 atom stereocenters. The molecule has 0 aromatic heterocycles. The Bertz CT molecular complexity index is 1180. The molecule has 0 unspecified atom stereocenters. The second-order valence-electron chi connectivity index (χ2n) is 7.10. The van der Waals surface area contributed by atoms with Crippen LogP contribution in [0.3, 0.4) is 0 Å². The van der Waals surface area contributed by atoms with Crippen molar-refractivity contribution in [2.24, 2.45) is 0 Å². The predicted octanol–water partition coefficient (Wildman–Crippen LogP) is 4.76. The number of aryl methyl sites for hydroxylation is 2. The zero-order chi connectivity index (χ0) is 22.4. The van der Waals surface area contributed by atoms with E-state index >= 15 is 0 Å². The number of ether oxygens (including phenoxy) is 1. The van der Waals surface area contributed by atoms with Gasteiger partial charge < -0.3 is 10.1 Å². The number of hydrogen-bond acceptors (Lipinski definition) is 4. The molecule has 31 heavy (non-hydrogen) atoms. The van der Waals surface area contributed by atoms with Crippen molar-refractivity contribution in [1.29, 1.82) is 0 Å². The molecule has 0 saturated heterocycles. The summed E-state index contributed by atoms with van der Waals surface area (Å²) in [4.78, 5) is 12.3. The summed E-state index contributed by atoms with van der Waals surface area (Å²) in [5.74, 6) is 0.420. The maximum absolute atomic E-state index is 12.6. The number of hydrogen-bond donors (Lipinski definition) is 2. The Morgan fingerprint density at radius 1 is 0.871 bits per heavy atom. The van der Waals surface area contributed by atoms with Gasteiger partial charge in [-0.1, -0.05) is 18.2 Å². The van der Waals surface area contributed by atoms with Gasteiger partial charge in [-0.05, 0) is 85.1 Å². The van der Waals surface area contributed by atoms with Crippen molar-refractivity contribution in [3.05, 3.63) is 89.5 Å². The molecule has 2 N–H and O–H groups in total. The van der Waals surface area contributed by atoms with E-state index in [1.807, 2.05) is 44.2 Å². The van der Waals surface area contributed by atoms with Gasteiger partial charge in [0.05, 0.1) is 12.0 Å². The monoisotopic (exact) mass is 436 g/mol. The number of amides is 1. The number of rotatable bonds is 7. The SMILES string of the molecule is COc1ccc(/C=C/C(=O)Nc2ccc(S(=O)(=O)Nc3cc(C)cc(C)c3)cc2)cc1. The highest BCUT2D eigenvalue weighted by molar-refractivity contribution is 7.92. The lowest BCUT2D eigenvalue weighted by atomic mass is 10.1. The smallest absolute Gasteiger partial charge is 0.261 e. The number of sulfonamides is 1. The Labute approximate surface area is 182 Å². The van der Waals surface area contributed by atoms with Crippen LogP contribution in [0.15, 0.2) is 77.7 Å². The van der Waals surface area contributed by atoms with Crippen LogP contribution in [-0.4, -0.2) is 21.4 Å². The highest BCUT2D eigenvalue weighted by Crippen LogP contribution is 2.20. The lowest BCUT2D eigenvalue weighted by Crippen LogP contribution is -2.13. The van der Waals surface area contributed by atoms with E-state index in [9.17, 15) is 13.2 Å². The maximum atomic E-state index is 12.6. The normalized spacial score (nSPS) is 11.3. The number of anilines is 2. The van der Waals surface area contributed by atoms with E-state index in [2.05, 4.69) is 10.0 Å². The molecule has 3 rings (SSSR count). The molecule has 0 spiro atoms. The van der Waals surface area contributed by atoms with Crippen molar-refractivity contribution >= 4 is 33.4 Å². The molecule has 0 saturated carbocycles. The third-order valence-electron chi connectivity index (χ3n) is 4.45. The minimum absolute atomic E-state index is 0.110. The lowest BCUT2D eigenvalue weighted by molar-refractivity contribution is -0.111. The van der Waals surface area contributed by atoms with Gasteiger partial charge in [0, 0.05) is 17.5 Å². The van der Waals surface area contributed by atoms with Gasteiger partial charge in [-0.3, -0.25) is 9.52 Å². The molecule has 0 heterocycles. The Kier molecular flexibility index (Phi) is 6.77. The molecule has 0 bridgehead atoms. The van der Waals surface area contributed by atoms with Crippen molar-refractivity contribution in [3.63, 3.8) is 0 Å². The Balaban J connectivity index is 1.64. The average Bonchev–Trinajstić information content (AvgIpc) is 2.72. The average molecular weight is 437 g/mol. The molecule has 0 fully saturated rings. The second-order valence-corrected chi connectivity index (χ2v) is 8.78. The van der Waals surface area contributed by atoms with E-state index in [4.69, 9.17) is 4.74 Å². The number of carbonyl (C=O) groups excluding carboxylic acids is 1. The summed E-state index contributed by atoms with van der Waals surface area (Å²) in [6.07, 6.45) is 3.09. The number of carbonyl (C=O) groups is 1. The van der Waals surface area contributed by atoms with Crippen molar-refractivity contribution in [1.82, 2.24) is 0 Å². The van der Waals surface area contributed by atoms with Crippen molar-refractivity contribution in [2.75, 3.05) is 17.1 Å². The predicted molar refractivity (Wildman–Crippen MR) is 124 cm³/mol. The highest BCUT2D eigenvalue weighted by atomic mass is 32.2. The summed E-state index contributed by atoms with van der Waals surface area (Å²) in [6, 6.07) is 18.8. The third-order valence-corrected chi connectivity index (χ3v) is 5.85. The zero-order valence-corrected chi connectivity index (χ0v) is 18.4. The van der Waals surface area contributed by atoms with Crippen LogP contribution in [0.2, 0.25) is 0 Å². The molecule has 1 amide bonds. The fraction of sp³-hybridized carbons (Fsp3) is 0.125. The summed E-state index contributed by atoms with van der Waals surface area (Å²) >= 11 is 0. The van der Waals surface area contributed by atoms with E-state index in [0.717, 1.165) is 22.4 Å². The van der Waals surface area contributed by atoms with Crippen LogP contribution in [0.25, 0.3) is 6.08 Å². The van der Waals surface area contributed by atoms with E-state index in [1.54, 1.807) is 37.5 Å². The molecule has 3 aromatic rings. The molecule has 0 aliphatic rings. The number of nitrogens with one attached hydrogen (secondary N) is 2. The quantitative estimate of drug-likeness (QED) is 0.523. The van der Waals surface area contributed by atoms with Crippen LogP contribution in [-0.2, 0) is 14.8 Å². The van der Waals surface area contributed by atoms with Gasteiger partial charge in [-0.15, -0.1) is 0 Å². The zero-order valence-electron chi connectivity index (χ0n) is 17.5. The van der Waals surface area contributed by atoms with Crippen LogP contribution in [0.4, 0.5) is 11.4 Å². The molecule has 160 valence electrons. The van der Waals surface area contributed by atoms with Crippen LogP contribution in [0.1, 0.15) is 16.7 Å². The van der Waals surface area contributed by atoms with E-state index in [1.165, 1.54) is 18.2 Å². The topological polar surface area (TPSA) is 84.5 Å². The first-order chi connectivity index (χ1) is 14.7. The van der Waals surface area contributed by atoms with Gasteiger partial charge in [0.15, 0.2) is 0 Å². The van der Waals surface area contributed by atoms with Gasteiger partial charge in [-0.25, -0.2) is 8.42 Å². The molecule has 0 aliphatic carbocycles. The molecular formula is C24H24N2O4S. The standard InChI is InChI=1S/C24H24N2O4S/c1-17-14-18(2)16-21(15-17)26-31(28,29)23-11-7-20(8-12-23)25-24(27)13-6-19-4-9-22(30-3)10-5-19/h4-16,26H,1-3H3,(H,25,27)/b13-6+. The highest BCUT2D eigenvalue weighted by Gasteiger charge is 2.14. The molecule has 7 heteroatoms. The summed E-state index contributed by atoms with van der Waals surface area (Å²) in [7, 11) is -2.14. The molecule has 6 nitrogen and oxygen atoms in total. The van der Waals surface area contributed by atoms with Gasteiger partial charge in [0.25, 0.3) is 10.0 Å². The summed E-state index contributed by atoms with van der Waals surface area (Å²) in [5.41, 5.74) is 3.81. The summed E-state index contributed by atoms with van der Waals surface area (Å²) in [5, 5.41) is 2.71. The van der Waals surface area contributed by atoms with Crippen molar-refractivity contribution < 1.29 is 17.9 Å². The molecule has 3 aromatic carbocycles. The first kappa shape index (κ1) is 22.1. The minimum Gasteiger partial charge on any atom is -0.497 e. The van der Waals surface area contributed by atoms with Crippen molar-refractivity contribution in [3.8, 4) is 5.75 Å².